The molecule has 3 nitrogen and oxygen atoms in total. The second-order valence-corrected chi connectivity index (χ2v) is 4.65. The maximum atomic E-state index is 8.69. The van der Waals surface area contributed by atoms with E-state index in [1.165, 1.54) is 30.7 Å². The highest BCUT2D eigenvalue weighted by atomic mass is 32.1. The molecule has 0 amide bonds. The topological polar surface area (TPSA) is 39.9 Å². The molecule has 1 aliphatic heterocycles. The van der Waals surface area contributed by atoms with Crippen LogP contribution in [0.1, 0.15) is 29.5 Å². The number of nitrogens with zero attached hydrogens (tertiary/aromatic N) is 3. The highest BCUT2D eigenvalue weighted by Crippen LogP contribution is 2.26. The first kappa shape index (κ1) is 9.63. The summed E-state index contributed by atoms with van der Waals surface area (Å²) < 4.78 is 0. The van der Waals surface area contributed by atoms with Gasteiger partial charge in [-0.15, -0.1) is 11.3 Å². The van der Waals surface area contributed by atoms with Gasteiger partial charge in [0.1, 0.15) is 6.07 Å². The van der Waals surface area contributed by atoms with Crippen LogP contribution in [0.3, 0.4) is 0 Å². The van der Waals surface area contributed by atoms with Crippen molar-refractivity contribution >= 4 is 11.3 Å². The molecule has 0 N–H and O–H groups in total. The molecule has 1 aliphatic rings. The predicted molar refractivity (Wildman–Crippen MR) is 56.3 cm³/mol. The minimum absolute atomic E-state index is 0.534. The van der Waals surface area contributed by atoms with Crippen LogP contribution in [0.25, 0.3) is 0 Å². The maximum absolute atomic E-state index is 8.69. The minimum atomic E-state index is 0.534. The zero-order chi connectivity index (χ0) is 9.97. The molecule has 1 fully saturated rings. The van der Waals surface area contributed by atoms with Crippen molar-refractivity contribution in [2.75, 3.05) is 20.1 Å². The van der Waals surface area contributed by atoms with Crippen LogP contribution in [0.4, 0.5) is 0 Å². The van der Waals surface area contributed by atoms with Gasteiger partial charge in [-0.2, -0.15) is 5.26 Å². The number of thiazole rings is 1. The summed E-state index contributed by atoms with van der Waals surface area (Å²) in [6, 6.07) is 2.09. The molecule has 0 saturated carbocycles. The summed E-state index contributed by atoms with van der Waals surface area (Å²) in [5.41, 5.74) is 1.11. The van der Waals surface area contributed by atoms with Crippen LogP contribution in [0.2, 0.25) is 0 Å². The van der Waals surface area contributed by atoms with E-state index in [0.717, 1.165) is 12.2 Å². The Balaban J connectivity index is 2.10. The summed E-state index contributed by atoms with van der Waals surface area (Å²) in [6.45, 7) is 2.26. The van der Waals surface area contributed by atoms with E-state index in [2.05, 4.69) is 23.0 Å². The van der Waals surface area contributed by atoms with E-state index >= 15 is 0 Å². The smallest absolute Gasteiger partial charge is 0.194 e. The molecule has 0 aromatic carbocycles. The summed E-state index contributed by atoms with van der Waals surface area (Å²) in [5.74, 6) is 0.534. The Morgan fingerprint density at radius 2 is 2.57 bits per heavy atom. The fourth-order valence-corrected chi connectivity index (χ4v) is 2.62. The summed E-state index contributed by atoms with van der Waals surface area (Å²) >= 11 is 1.45. The number of hydrogen-bond donors (Lipinski definition) is 0. The average Bonchev–Trinajstić information content (AvgIpc) is 2.66. The zero-order valence-electron chi connectivity index (χ0n) is 8.23. The monoisotopic (exact) mass is 207 g/mol. The van der Waals surface area contributed by atoms with Gasteiger partial charge in [0.05, 0.1) is 5.69 Å². The molecular weight excluding hydrogens is 194 g/mol. The first-order chi connectivity index (χ1) is 6.79. The van der Waals surface area contributed by atoms with Crippen molar-refractivity contribution in [2.24, 2.45) is 0 Å². The van der Waals surface area contributed by atoms with E-state index in [9.17, 15) is 0 Å². The van der Waals surface area contributed by atoms with Gasteiger partial charge in [0, 0.05) is 17.8 Å². The van der Waals surface area contributed by atoms with Crippen molar-refractivity contribution in [3.05, 3.63) is 16.1 Å². The standard InChI is InChI=1S/C10H13N3S/c1-13-4-2-3-8(6-13)9-7-14-10(5-11)12-9/h7-8H,2-4,6H2,1H3. The number of piperidine rings is 1. The van der Waals surface area contributed by atoms with Gasteiger partial charge >= 0.3 is 0 Å². The molecular formula is C10H13N3S. The lowest BCUT2D eigenvalue weighted by molar-refractivity contribution is 0.249. The minimum Gasteiger partial charge on any atom is -0.306 e. The quantitative estimate of drug-likeness (QED) is 0.705. The van der Waals surface area contributed by atoms with Crippen molar-refractivity contribution in [3.63, 3.8) is 0 Å². The van der Waals surface area contributed by atoms with Gasteiger partial charge in [-0.3, -0.25) is 0 Å². The van der Waals surface area contributed by atoms with Crippen LogP contribution in [0.15, 0.2) is 5.38 Å². The number of hydrogen-bond acceptors (Lipinski definition) is 4. The molecule has 74 valence electrons. The Kier molecular flexibility index (Phi) is 2.80. The highest BCUT2D eigenvalue weighted by molar-refractivity contribution is 7.10. The zero-order valence-corrected chi connectivity index (χ0v) is 9.05. The summed E-state index contributed by atoms with van der Waals surface area (Å²) in [7, 11) is 2.14. The highest BCUT2D eigenvalue weighted by Gasteiger charge is 2.20. The van der Waals surface area contributed by atoms with Gasteiger partial charge < -0.3 is 4.90 Å². The third kappa shape index (κ3) is 1.94. The van der Waals surface area contributed by atoms with Gasteiger partial charge in [-0.05, 0) is 26.4 Å². The van der Waals surface area contributed by atoms with Gasteiger partial charge in [0.2, 0.25) is 0 Å². The first-order valence-electron chi connectivity index (χ1n) is 4.83. The van der Waals surface area contributed by atoms with Crippen molar-refractivity contribution in [2.45, 2.75) is 18.8 Å². The van der Waals surface area contributed by atoms with Gasteiger partial charge in [-0.1, -0.05) is 0 Å². The molecule has 2 rings (SSSR count). The van der Waals surface area contributed by atoms with Gasteiger partial charge in [0.15, 0.2) is 5.01 Å². The van der Waals surface area contributed by atoms with E-state index in [0.29, 0.717) is 10.9 Å². The molecule has 0 radical (unpaired) electrons. The van der Waals surface area contributed by atoms with Gasteiger partial charge in [0.25, 0.3) is 0 Å². The molecule has 2 heterocycles. The van der Waals surface area contributed by atoms with E-state index in [-0.39, 0.29) is 0 Å². The van der Waals surface area contributed by atoms with Crippen molar-refractivity contribution in [3.8, 4) is 6.07 Å². The molecule has 1 unspecified atom stereocenters. The fraction of sp³-hybridized carbons (Fsp3) is 0.600. The van der Waals surface area contributed by atoms with Crippen molar-refractivity contribution in [1.29, 1.82) is 5.26 Å². The largest absolute Gasteiger partial charge is 0.306 e. The van der Waals surface area contributed by atoms with E-state index in [1.807, 2.05) is 5.38 Å². The Morgan fingerprint density at radius 1 is 1.71 bits per heavy atom. The van der Waals surface area contributed by atoms with Crippen LogP contribution in [0, 0.1) is 11.3 Å². The second-order valence-electron chi connectivity index (χ2n) is 3.79. The Hall–Kier alpha value is -0.920. The SMILES string of the molecule is CN1CCCC(c2csc(C#N)n2)C1. The Morgan fingerprint density at radius 3 is 3.21 bits per heavy atom. The van der Waals surface area contributed by atoms with E-state index in [1.54, 1.807) is 0 Å². The van der Waals surface area contributed by atoms with E-state index < -0.39 is 0 Å². The lowest BCUT2D eigenvalue weighted by Crippen LogP contribution is -2.30. The second kappa shape index (κ2) is 4.07. The average molecular weight is 207 g/mol. The van der Waals surface area contributed by atoms with Crippen LogP contribution in [-0.4, -0.2) is 30.0 Å². The van der Waals surface area contributed by atoms with Crippen LogP contribution in [0.5, 0.6) is 0 Å². The molecule has 0 spiro atoms. The first-order valence-corrected chi connectivity index (χ1v) is 5.71. The third-order valence-electron chi connectivity index (χ3n) is 2.66. The molecule has 1 saturated heterocycles. The molecule has 0 bridgehead atoms. The van der Waals surface area contributed by atoms with Crippen LogP contribution < -0.4 is 0 Å². The maximum Gasteiger partial charge on any atom is 0.194 e. The Bertz CT molecular complexity index is 352. The van der Waals surface area contributed by atoms with Crippen molar-refractivity contribution < 1.29 is 0 Å². The third-order valence-corrected chi connectivity index (χ3v) is 3.43. The fourth-order valence-electron chi connectivity index (χ4n) is 1.93. The molecule has 1 aromatic rings. The number of aromatic nitrogens is 1. The number of likely N-dealkylation sites (tertiary alicyclic amines) is 1. The lowest BCUT2D eigenvalue weighted by atomic mass is 9.96. The van der Waals surface area contributed by atoms with Crippen molar-refractivity contribution in [1.82, 2.24) is 9.88 Å². The molecule has 4 heteroatoms. The number of rotatable bonds is 1. The lowest BCUT2D eigenvalue weighted by Gasteiger charge is -2.28. The van der Waals surface area contributed by atoms with Gasteiger partial charge in [-0.25, -0.2) is 4.98 Å². The summed E-state index contributed by atoms with van der Waals surface area (Å²) in [5, 5.41) is 11.3. The molecule has 1 aromatic heterocycles. The summed E-state index contributed by atoms with van der Waals surface area (Å²) in [6.07, 6.45) is 2.44. The molecule has 0 aliphatic carbocycles. The molecule has 1 atom stereocenters. The van der Waals surface area contributed by atoms with Crippen LogP contribution >= 0.6 is 11.3 Å². The Labute approximate surface area is 88.0 Å². The normalized spacial score (nSPS) is 23.3. The summed E-state index contributed by atoms with van der Waals surface area (Å²) in [4.78, 5) is 6.65. The predicted octanol–water partition coefficient (Wildman–Crippen LogP) is 1.82. The molecule has 14 heavy (non-hydrogen) atoms. The number of nitriles is 1. The van der Waals surface area contributed by atoms with E-state index in [4.69, 9.17) is 5.26 Å². The van der Waals surface area contributed by atoms with Crippen LogP contribution in [-0.2, 0) is 0 Å². The number of likely N-dealkylation sites (N-methyl/N-ethyl adjacent to an activating group) is 1.